The van der Waals surface area contributed by atoms with Crippen LogP contribution in [0.1, 0.15) is 16.7 Å². The SMILES string of the molecule is Cc1cccc(Cn2cc(/C=N\NC(=O)CSc3ccc(Cl)cc3)c3ccccc32)c1. The van der Waals surface area contributed by atoms with Gasteiger partial charge in [0.1, 0.15) is 0 Å². The van der Waals surface area contributed by atoms with Gasteiger partial charge in [-0.15, -0.1) is 11.8 Å². The van der Waals surface area contributed by atoms with E-state index in [9.17, 15) is 4.79 Å². The first-order chi connectivity index (χ1) is 15.1. The molecule has 31 heavy (non-hydrogen) atoms. The van der Waals surface area contributed by atoms with Gasteiger partial charge >= 0.3 is 0 Å². The smallest absolute Gasteiger partial charge is 0.250 e. The standard InChI is InChI=1S/C25H22ClN3OS/c1-18-5-4-6-19(13-18)15-29-16-20(23-7-2-3-8-24(23)29)14-27-28-25(30)17-31-22-11-9-21(26)10-12-22/h2-14,16H,15,17H2,1H3,(H,28,30)/b27-14-. The monoisotopic (exact) mass is 447 g/mol. The van der Waals surface area contributed by atoms with Crippen LogP contribution >= 0.6 is 23.4 Å². The summed E-state index contributed by atoms with van der Waals surface area (Å²) in [4.78, 5) is 13.1. The molecule has 4 rings (SSSR count). The molecule has 4 aromatic rings. The van der Waals surface area contributed by atoms with Gasteiger partial charge in [-0.3, -0.25) is 4.79 Å². The minimum Gasteiger partial charge on any atom is -0.342 e. The highest BCUT2D eigenvalue weighted by Gasteiger charge is 2.08. The first-order valence-corrected chi connectivity index (χ1v) is 11.3. The highest BCUT2D eigenvalue weighted by atomic mass is 35.5. The van der Waals surface area contributed by atoms with E-state index in [0.29, 0.717) is 5.02 Å². The van der Waals surface area contributed by atoms with Crippen LogP contribution in [0.2, 0.25) is 5.02 Å². The molecule has 1 N–H and O–H groups in total. The summed E-state index contributed by atoms with van der Waals surface area (Å²) in [5.74, 6) is 0.133. The molecule has 1 heterocycles. The van der Waals surface area contributed by atoms with Crippen molar-refractivity contribution in [3.63, 3.8) is 0 Å². The van der Waals surface area contributed by atoms with Crippen molar-refractivity contribution in [2.45, 2.75) is 18.4 Å². The van der Waals surface area contributed by atoms with E-state index < -0.39 is 0 Å². The number of amides is 1. The lowest BCUT2D eigenvalue weighted by atomic mass is 10.1. The Kier molecular flexibility index (Phi) is 6.75. The van der Waals surface area contributed by atoms with Crippen LogP contribution in [0.25, 0.3) is 10.9 Å². The van der Waals surface area contributed by atoms with Crippen molar-refractivity contribution >= 4 is 46.4 Å². The Morgan fingerprint density at radius 1 is 1.10 bits per heavy atom. The van der Waals surface area contributed by atoms with Gasteiger partial charge in [0.25, 0.3) is 0 Å². The number of hydrogen-bond donors (Lipinski definition) is 1. The van der Waals surface area contributed by atoms with Crippen LogP contribution in [0.3, 0.4) is 0 Å². The molecule has 0 fully saturated rings. The molecular weight excluding hydrogens is 426 g/mol. The number of nitrogens with one attached hydrogen (secondary N) is 1. The van der Waals surface area contributed by atoms with E-state index in [4.69, 9.17) is 11.6 Å². The molecule has 0 aliphatic carbocycles. The summed E-state index contributed by atoms with van der Waals surface area (Å²) in [7, 11) is 0. The zero-order valence-corrected chi connectivity index (χ0v) is 18.7. The fourth-order valence-electron chi connectivity index (χ4n) is 3.40. The Bertz CT molecular complexity index is 1230. The molecule has 1 aromatic heterocycles. The van der Waals surface area contributed by atoms with E-state index in [2.05, 4.69) is 64.6 Å². The molecule has 3 aromatic carbocycles. The number of halogens is 1. The zero-order chi connectivity index (χ0) is 21.6. The summed E-state index contributed by atoms with van der Waals surface area (Å²) in [5.41, 5.74) is 7.21. The molecule has 156 valence electrons. The van der Waals surface area contributed by atoms with Gasteiger partial charge in [0.2, 0.25) is 5.91 Å². The quantitative estimate of drug-likeness (QED) is 0.218. The minimum absolute atomic E-state index is 0.153. The number of hydrazone groups is 1. The van der Waals surface area contributed by atoms with E-state index >= 15 is 0 Å². The number of thioether (sulfide) groups is 1. The van der Waals surface area contributed by atoms with Gasteiger partial charge in [-0.2, -0.15) is 5.10 Å². The maximum Gasteiger partial charge on any atom is 0.250 e. The average Bonchev–Trinajstić information content (AvgIpc) is 3.11. The van der Waals surface area contributed by atoms with Crippen LogP contribution in [0.4, 0.5) is 0 Å². The van der Waals surface area contributed by atoms with E-state index in [0.717, 1.165) is 27.9 Å². The molecule has 0 atom stereocenters. The summed E-state index contributed by atoms with van der Waals surface area (Å²) >= 11 is 7.33. The second-order valence-electron chi connectivity index (χ2n) is 7.25. The van der Waals surface area contributed by atoms with E-state index in [1.54, 1.807) is 6.21 Å². The summed E-state index contributed by atoms with van der Waals surface area (Å²) in [6.45, 7) is 2.88. The second kappa shape index (κ2) is 9.86. The van der Waals surface area contributed by atoms with Crippen LogP contribution in [0.15, 0.2) is 89.0 Å². The van der Waals surface area contributed by atoms with Crippen molar-refractivity contribution in [2.75, 3.05) is 5.75 Å². The number of nitrogens with zero attached hydrogens (tertiary/aromatic N) is 2. The van der Waals surface area contributed by atoms with E-state index in [1.807, 2.05) is 36.4 Å². The lowest BCUT2D eigenvalue weighted by Crippen LogP contribution is -2.19. The molecule has 0 bridgehead atoms. The third-order valence-corrected chi connectivity index (χ3v) is 6.10. The molecule has 0 saturated heterocycles. The van der Waals surface area contributed by atoms with Gasteiger partial charge in [-0.25, -0.2) is 5.43 Å². The van der Waals surface area contributed by atoms with Gasteiger partial charge in [-0.1, -0.05) is 59.6 Å². The number of fused-ring (bicyclic) bond motifs is 1. The van der Waals surface area contributed by atoms with E-state index in [1.165, 1.54) is 22.9 Å². The summed E-state index contributed by atoms with van der Waals surface area (Å²) in [5, 5.41) is 5.96. The first kappa shape index (κ1) is 21.2. The normalized spacial score (nSPS) is 11.3. The third kappa shape index (κ3) is 5.57. The molecule has 4 nitrogen and oxygen atoms in total. The number of hydrogen-bond acceptors (Lipinski definition) is 3. The highest BCUT2D eigenvalue weighted by molar-refractivity contribution is 8.00. The Morgan fingerprint density at radius 2 is 1.90 bits per heavy atom. The molecule has 1 amide bonds. The van der Waals surface area contributed by atoms with Crippen LogP contribution in [0.5, 0.6) is 0 Å². The minimum atomic E-state index is -0.153. The van der Waals surface area contributed by atoms with Crippen molar-refractivity contribution in [3.8, 4) is 0 Å². The second-order valence-corrected chi connectivity index (χ2v) is 8.74. The van der Waals surface area contributed by atoms with Gasteiger partial charge in [0.05, 0.1) is 12.0 Å². The highest BCUT2D eigenvalue weighted by Crippen LogP contribution is 2.22. The molecule has 0 radical (unpaired) electrons. The number of benzene rings is 3. The largest absolute Gasteiger partial charge is 0.342 e. The number of para-hydroxylation sites is 1. The summed E-state index contributed by atoms with van der Waals surface area (Å²) in [6, 6.07) is 24.1. The van der Waals surface area contributed by atoms with Crippen molar-refractivity contribution in [2.24, 2.45) is 5.10 Å². The van der Waals surface area contributed by atoms with Crippen LogP contribution in [0, 0.1) is 6.92 Å². The maximum atomic E-state index is 12.1. The van der Waals surface area contributed by atoms with Crippen LogP contribution in [-0.4, -0.2) is 22.4 Å². The van der Waals surface area contributed by atoms with Crippen molar-refractivity contribution in [1.82, 2.24) is 9.99 Å². The molecule has 0 spiro atoms. The van der Waals surface area contributed by atoms with Crippen molar-refractivity contribution in [1.29, 1.82) is 0 Å². The van der Waals surface area contributed by atoms with Crippen molar-refractivity contribution in [3.05, 3.63) is 101 Å². The Balaban J connectivity index is 1.43. The maximum absolute atomic E-state index is 12.1. The lowest BCUT2D eigenvalue weighted by Gasteiger charge is -2.06. The predicted octanol–water partition coefficient (Wildman–Crippen LogP) is 5.89. The van der Waals surface area contributed by atoms with Gasteiger partial charge in [0, 0.05) is 39.1 Å². The number of rotatable bonds is 7. The molecule has 0 unspecified atom stereocenters. The van der Waals surface area contributed by atoms with Gasteiger partial charge < -0.3 is 4.57 Å². The van der Waals surface area contributed by atoms with Gasteiger partial charge in [0.15, 0.2) is 0 Å². The predicted molar refractivity (Wildman–Crippen MR) is 130 cm³/mol. The fraction of sp³-hybridized carbons (Fsp3) is 0.120. The molecular formula is C25H22ClN3OS. The lowest BCUT2D eigenvalue weighted by molar-refractivity contribution is -0.118. The summed E-state index contributed by atoms with van der Waals surface area (Å²) in [6.07, 6.45) is 3.78. The van der Waals surface area contributed by atoms with Gasteiger partial charge in [-0.05, 0) is 42.8 Å². The molecule has 6 heteroatoms. The molecule has 0 saturated carbocycles. The van der Waals surface area contributed by atoms with Crippen LogP contribution in [-0.2, 0) is 11.3 Å². The number of aromatic nitrogens is 1. The number of carbonyl (C=O) groups excluding carboxylic acids is 1. The van der Waals surface area contributed by atoms with E-state index in [-0.39, 0.29) is 11.7 Å². The zero-order valence-electron chi connectivity index (χ0n) is 17.1. The molecule has 0 aliphatic heterocycles. The summed E-state index contributed by atoms with van der Waals surface area (Å²) < 4.78 is 2.21. The number of carbonyl (C=O) groups is 1. The average molecular weight is 448 g/mol. The fourth-order valence-corrected chi connectivity index (χ4v) is 4.22. The van der Waals surface area contributed by atoms with Crippen LogP contribution < -0.4 is 5.43 Å². The Hall–Kier alpha value is -3.02. The van der Waals surface area contributed by atoms with Crippen molar-refractivity contribution < 1.29 is 4.79 Å². The Labute approximate surface area is 190 Å². The first-order valence-electron chi connectivity index (χ1n) is 9.92. The molecule has 0 aliphatic rings. The number of aryl methyl sites for hydroxylation is 1. The topological polar surface area (TPSA) is 46.4 Å². The Morgan fingerprint density at radius 3 is 2.71 bits per heavy atom. The third-order valence-electron chi connectivity index (χ3n) is 4.83.